The van der Waals surface area contributed by atoms with Crippen molar-refractivity contribution in [2.45, 2.75) is 25.7 Å². The van der Waals surface area contributed by atoms with Crippen molar-refractivity contribution in [3.05, 3.63) is 52.2 Å². The summed E-state index contributed by atoms with van der Waals surface area (Å²) >= 11 is 1.74. The molecule has 0 bridgehead atoms. The van der Waals surface area contributed by atoms with E-state index < -0.39 is 0 Å². The Morgan fingerprint density at radius 3 is 2.66 bits per heavy atom. The van der Waals surface area contributed by atoms with Crippen LogP contribution >= 0.6 is 11.3 Å². The Morgan fingerprint density at radius 1 is 1.21 bits per heavy atom. The number of guanidine groups is 1. The molecule has 2 rings (SSSR count). The van der Waals surface area contributed by atoms with E-state index in [4.69, 9.17) is 4.74 Å². The second-order valence-corrected chi connectivity index (χ2v) is 8.71. The molecule has 7 heteroatoms. The Bertz CT molecular complexity index is 801. The van der Waals surface area contributed by atoms with Gasteiger partial charge >= 0.3 is 0 Å². The predicted octanol–water partition coefficient (Wildman–Crippen LogP) is 2.90. The minimum atomic E-state index is -0.143. The lowest BCUT2D eigenvalue weighted by Gasteiger charge is -2.27. The van der Waals surface area contributed by atoms with Gasteiger partial charge in [0.1, 0.15) is 12.3 Å². The molecule has 1 aromatic carbocycles. The maximum atomic E-state index is 12.0. The number of aliphatic imine (C=N–C) groups is 1. The number of methoxy groups -OCH3 is 1. The van der Waals surface area contributed by atoms with E-state index in [0.29, 0.717) is 12.5 Å². The van der Waals surface area contributed by atoms with Gasteiger partial charge in [-0.1, -0.05) is 32.0 Å². The zero-order valence-corrected chi connectivity index (χ0v) is 18.8. The second-order valence-electron chi connectivity index (χ2n) is 7.68. The quantitative estimate of drug-likeness (QED) is 0.487. The van der Waals surface area contributed by atoms with Gasteiger partial charge in [0.25, 0.3) is 0 Å². The summed E-state index contributed by atoms with van der Waals surface area (Å²) in [7, 11) is 5.15. The molecule has 1 amide bonds. The first kappa shape index (κ1) is 22.7. The number of nitrogens with zero attached hydrogens (tertiary/aromatic N) is 2. The number of ether oxygens (including phenoxy) is 1. The second kappa shape index (κ2) is 10.9. The number of carbonyl (C=O) groups excluding carboxylic acids is 1. The molecule has 0 radical (unpaired) electrons. The minimum Gasteiger partial charge on any atom is -0.497 e. The van der Waals surface area contributed by atoms with Gasteiger partial charge in [-0.05, 0) is 35.6 Å². The molecule has 0 aliphatic heterocycles. The first-order valence-corrected chi connectivity index (χ1v) is 10.6. The van der Waals surface area contributed by atoms with E-state index in [-0.39, 0.29) is 17.9 Å². The highest BCUT2D eigenvalue weighted by Crippen LogP contribution is 2.25. The summed E-state index contributed by atoms with van der Waals surface area (Å²) in [6.45, 7) is 5.87. The number of amides is 1. The number of hydrogen-bond donors (Lipinski definition) is 2. The Labute approximate surface area is 178 Å². The number of thiophene rings is 1. The van der Waals surface area contributed by atoms with E-state index in [9.17, 15) is 4.79 Å². The van der Waals surface area contributed by atoms with Gasteiger partial charge in [-0.25, -0.2) is 4.99 Å². The lowest BCUT2D eigenvalue weighted by molar-refractivity contribution is -0.127. The van der Waals surface area contributed by atoms with E-state index in [1.165, 1.54) is 10.4 Å². The van der Waals surface area contributed by atoms with Gasteiger partial charge in [-0.2, -0.15) is 0 Å². The van der Waals surface area contributed by atoms with Gasteiger partial charge in [0.2, 0.25) is 5.91 Å². The van der Waals surface area contributed by atoms with E-state index in [2.05, 4.69) is 59.1 Å². The summed E-state index contributed by atoms with van der Waals surface area (Å²) in [5.74, 6) is 1.46. The summed E-state index contributed by atoms with van der Waals surface area (Å²) in [5.41, 5.74) is 1.03. The molecule has 0 aliphatic rings. The van der Waals surface area contributed by atoms with Crippen molar-refractivity contribution in [1.82, 2.24) is 15.5 Å². The molecule has 0 atom stereocenters. The lowest BCUT2D eigenvalue weighted by atomic mass is 9.84. The molecule has 0 aliphatic carbocycles. The summed E-state index contributed by atoms with van der Waals surface area (Å²) in [5, 5.41) is 8.83. The molecular formula is C22H32N4O2S. The van der Waals surface area contributed by atoms with E-state index in [1.807, 2.05) is 12.1 Å². The fourth-order valence-electron chi connectivity index (χ4n) is 2.67. The molecule has 0 fully saturated rings. The molecule has 0 saturated heterocycles. The highest BCUT2D eigenvalue weighted by atomic mass is 32.1. The number of benzene rings is 1. The summed E-state index contributed by atoms with van der Waals surface area (Å²) < 4.78 is 5.35. The largest absolute Gasteiger partial charge is 0.497 e. The molecule has 0 unspecified atom stereocenters. The fourth-order valence-corrected chi connectivity index (χ4v) is 3.38. The van der Waals surface area contributed by atoms with Crippen molar-refractivity contribution in [2.75, 3.05) is 40.8 Å². The fraction of sp³-hybridized carbons (Fsp3) is 0.455. The van der Waals surface area contributed by atoms with Gasteiger partial charge < -0.3 is 20.3 Å². The zero-order valence-electron chi connectivity index (χ0n) is 18.0. The smallest absolute Gasteiger partial charge is 0.243 e. The van der Waals surface area contributed by atoms with E-state index >= 15 is 0 Å². The topological polar surface area (TPSA) is 66.0 Å². The van der Waals surface area contributed by atoms with Crippen molar-refractivity contribution in [3.8, 4) is 5.75 Å². The van der Waals surface area contributed by atoms with Crippen LogP contribution in [0.3, 0.4) is 0 Å². The average Bonchev–Trinajstić information content (AvgIpc) is 3.22. The Balaban J connectivity index is 2.02. The van der Waals surface area contributed by atoms with Crippen LogP contribution in [0.1, 0.15) is 24.3 Å². The first-order chi connectivity index (χ1) is 13.8. The van der Waals surface area contributed by atoms with Crippen molar-refractivity contribution in [3.63, 3.8) is 0 Å². The highest BCUT2D eigenvalue weighted by Gasteiger charge is 2.21. The Morgan fingerprint density at radius 2 is 2.00 bits per heavy atom. The minimum absolute atomic E-state index is 0.0311. The van der Waals surface area contributed by atoms with Crippen LogP contribution in [0.25, 0.3) is 0 Å². The van der Waals surface area contributed by atoms with Crippen molar-refractivity contribution < 1.29 is 9.53 Å². The molecule has 1 aromatic heterocycles. The van der Waals surface area contributed by atoms with Crippen LogP contribution in [-0.4, -0.2) is 57.6 Å². The average molecular weight is 417 g/mol. The van der Waals surface area contributed by atoms with Gasteiger partial charge in [-0.3, -0.25) is 4.79 Å². The molecular weight excluding hydrogens is 384 g/mol. The number of rotatable bonds is 9. The van der Waals surface area contributed by atoms with Gasteiger partial charge in [0.15, 0.2) is 5.96 Å². The molecule has 2 N–H and O–H groups in total. The van der Waals surface area contributed by atoms with Crippen LogP contribution in [0.5, 0.6) is 5.75 Å². The van der Waals surface area contributed by atoms with Gasteiger partial charge in [0.05, 0.1) is 7.11 Å². The summed E-state index contributed by atoms with van der Waals surface area (Å²) in [6, 6.07) is 12.3. The predicted molar refractivity (Wildman–Crippen MR) is 121 cm³/mol. The van der Waals surface area contributed by atoms with Gasteiger partial charge in [-0.15, -0.1) is 11.3 Å². The summed E-state index contributed by atoms with van der Waals surface area (Å²) in [4.78, 5) is 19.3. The first-order valence-electron chi connectivity index (χ1n) is 9.71. The maximum absolute atomic E-state index is 12.0. The highest BCUT2D eigenvalue weighted by molar-refractivity contribution is 7.09. The molecule has 6 nitrogen and oxygen atoms in total. The molecule has 0 spiro atoms. The molecule has 158 valence electrons. The SMILES string of the molecule is COc1cccc(C(C)(C)CNC(=NCC(=O)N(C)C)NCCc2cccs2)c1. The lowest BCUT2D eigenvalue weighted by Crippen LogP contribution is -2.44. The molecule has 29 heavy (non-hydrogen) atoms. The van der Waals surface area contributed by atoms with Gasteiger partial charge in [0, 0.05) is 37.5 Å². The van der Waals surface area contributed by atoms with E-state index in [0.717, 1.165) is 18.7 Å². The maximum Gasteiger partial charge on any atom is 0.243 e. The van der Waals surface area contributed by atoms with Crippen LogP contribution in [0.2, 0.25) is 0 Å². The molecule has 2 aromatic rings. The van der Waals surface area contributed by atoms with Crippen LogP contribution in [0.15, 0.2) is 46.8 Å². The number of hydrogen-bond acceptors (Lipinski definition) is 4. The van der Waals surface area contributed by atoms with Crippen molar-refractivity contribution in [1.29, 1.82) is 0 Å². The normalized spacial score (nSPS) is 11.8. The van der Waals surface area contributed by atoms with Crippen LogP contribution in [0, 0.1) is 0 Å². The Kier molecular flexibility index (Phi) is 8.51. The third kappa shape index (κ3) is 7.42. The summed E-state index contributed by atoms with van der Waals surface area (Å²) in [6.07, 6.45) is 0.916. The van der Waals surface area contributed by atoms with Crippen LogP contribution < -0.4 is 15.4 Å². The van der Waals surface area contributed by atoms with E-state index in [1.54, 1.807) is 37.4 Å². The zero-order chi connectivity index (χ0) is 21.3. The number of likely N-dealkylation sites (N-methyl/N-ethyl adjacent to an activating group) is 1. The molecule has 0 saturated carbocycles. The number of nitrogens with one attached hydrogen (secondary N) is 2. The number of carbonyl (C=O) groups is 1. The third-order valence-electron chi connectivity index (χ3n) is 4.66. The van der Waals surface area contributed by atoms with Crippen molar-refractivity contribution in [2.24, 2.45) is 4.99 Å². The third-order valence-corrected chi connectivity index (χ3v) is 5.60. The Hall–Kier alpha value is -2.54. The standard InChI is InChI=1S/C22H32N4O2S/c1-22(2,17-8-6-9-18(14-17)28-5)16-25-21(24-15-20(27)26(3)4)23-12-11-19-10-7-13-29-19/h6-10,13-14H,11-12,15-16H2,1-5H3,(H2,23,24,25). The van der Waals surface area contributed by atoms with Crippen molar-refractivity contribution >= 4 is 23.2 Å². The monoisotopic (exact) mass is 416 g/mol. The van der Waals surface area contributed by atoms with Crippen LogP contribution in [-0.2, 0) is 16.6 Å². The molecule has 1 heterocycles. The van der Waals surface area contributed by atoms with Crippen LogP contribution in [0.4, 0.5) is 0 Å².